The fourth-order valence-electron chi connectivity index (χ4n) is 3.06. The number of hydrogen-bond donors (Lipinski definition) is 1. The number of hydrogen-bond acceptors (Lipinski definition) is 3. The summed E-state index contributed by atoms with van der Waals surface area (Å²) in [5, 5.41) is 3.30. The molecule has 0 aliphatic rings. The summed E-state index contributed by atoms with van der Waals surface area (Å²) in [7, 11) is 0. The first-order valence-corrected chi connectivity index (χ1v) is 9.69. The summed E-state index contributed by atoms with van der Waals surface area (Å²) in [5.74, 6) is -0.124. The number of ether oxygens (including phenoxy) is 1. The molecular weight excluding hydrogens is 348 g/mol. The van der Waals surface area contributed by atoms with Crippen LogP contribution in [0.5, 0.6) is 0 Å². The first-order valence-electron chi connectivity index (χ1n) is 9.69. The van der Waals surface area contributed by atoms with Crippen molar-refractivity contribution in [2.45, 2.75) is 40.0 Å². The molecule has 3 aromatic rings. The molecule has 0 bridgehead atoms. The van der Waals surface area contributed by atoms with Crippen molar-refractivity contribution in [2.24, 2.45) is 5.92 Å². The number of anilines is 1. The molecule has 1 atom stereocenters. The Hall–Kier alpha value is -3.01. The van der Waals surface area contributed by atoms with Gasteiger partial charge in [-0.1, -0.05) is 61.9 Å². The van der Waals surface area contributed by atoms with Crippen LogP contribution in [0.3, 0.4) is 0 Å². The number of nitrogens with zero attached hydrogens (tertiary/aromatic N) is 1. The Morgan fingerprint density at radius 2 is 1.71 bits per heavy atom. The van der Waals surface area contributed by atoms with E-state index in [0.717, 1.165) is 12.1 Å². The Labute approximate surface area is 167 Å². The largest absolute Gasteiger partial charge is 0.442 e. The monoisotopic (exact) mass is 376 g/mol. The molecule has 1 heterocycles. The second-order valence-corrected chi connectivity index (χ2v) is 7.52. The van der Waals surface area contributed by atoms with Gasteiger partial charge in [0.15, 0.2) is 6.73 Å². The molecule has 0 spiro atoms. The zero-order chi connectivity index (χ0) is 19.9. The van der Waals surface area contributed by atoms with Crippen LogP contribution in [0, 0.1) is 12.8 Å². The molecule has 3 rings (SSSR count). The summed E-state index contributed by atoms with van der Waals surface area (Å²) >= 11 is 0. The van der Waals surface area contributed by atoms with Gasteiger partial charge in [0, 0.05) is 18.1 Å². The van der Waals surface area contributed by atoms with Crippen LogP contribution in [-0.4, -0.2) is 16.6 Å². The molecule has 4 nitrogen and oxygen atoms in total. The van der Waals surface area contributed by atoms with Crippen LogP contribution in [0.2, 0.25) is 0 Å². The van der Waals surface area contributed by atoms with E-state index in [-0.39, 0.29) is 24.7 Å². The number of carbonyl (C=O) groups is 1. The summed E-state index contributed by atoms with van der Waals surface area (Å²) in [6.07, 6.45) is 4.84. The van der Waals surface area contributed by atoms with Gasteiger partial charge in [-0.3, -0.25) is 0 Å². The van der Waals surface area contributed by atoms with Crippen LogP contribution in [0.25, 0.3) is 0 Å². The highest BCUT2D eigenvalue weighted by atomic mass is 16.5. The second kappa shape index (κ2) is 9.27. The van der Waals surface area contributed by atoms with Crippen LogP contribution in [0.1, 0.15) is 30.5 Å². The van der Waals surface area contributed by atoms with E-state index in [1.165, 1.54) is 16.7 Å². The molecule has 0 radical (unpaired) electrons. The lowest BCUT2D eigenvalue weighted by molar-refractivity contribution is -0.149. The standard InChI is InChI=1S/C24H28N2O2/c1-18(2)23(25-22-11-9-19(3)10-12-22)24(27)28-17-26-14-13-21(16-26)15-20-7-5-4-6-8-20/h4-14,16,18,23,25H,15,17H2,1-3H3. The lowest BCUT2D eigenvalue weighted by atomic mass is 10.0. The molecule has 1 N–H and O–H groups in total. The summed E-state index contributed by atoms with van der Waals surface area (Å²) in [6.45, 7) is 6.29. The molecule has 1 unspecified atom stereocenters. The van der Waals surface area contributed by atoms with Gasteiger partial charge >= 0.3 is 5.97 Å². The zero-order valence-electron chi connectivity index (χ0n) is 16.8. The number of aryl methyl sites for hydroxylation is 1. The minimum atomic E-state index is -0.387. The van der Waals surface area contributed by atoms with Crippen LogP contribution in [-0.2, 0) is 22.7 Å². The number of carbonyl (C=O) groups excluding carboxylic acids is 1. The Bertz CT molecular complexity index is 882. The first kappa shape index (κ1) is 19.7. The lowest BCUT2D eigenvalue weighted by Crippen LogP contribution is -2.36. The highest BCUT2D eigenvalue weighted by Gasteiger charge is 2.23. The molecule has 4 heteroatoms. The average Bonchev–Trinajstić information content (AvgIpc) is 3.13. The van der Waals surface area contributed by atoms with Crippen LogP contribution >= 0.6 is 0 Å². The molecule has 2 aromatic carbocycles. The van der Waals surface area contributed by atoms with Gasteiger partial charge in [0.1, 0.15) is 6.04 Å². The van der Waals surface area contributed by atoms with Crippen molar-refractivity contribution in [3.63, 3.8) is 0 Å². The van der Waals surface area contributed by atoms with Crippen molar-refractivity contribution in [1.82, 2.24) is 4.57 Å². The maximum absolute atomic E-state index is 12.6. The van der Waals surface area contributed by atoms with Crippen molar-refractivity contribution < 1.29 is 9.53 Å². The van der Waals surface area contributed by atoms with E-state index in [1.54, 1.807) is 0 Å². The zero-order valence-corrected chi connectivity index (χ0v) is 16.8. The summed E-state index contributed by atoms with van der Waals surface area (Å²) in [6, 6.07) is 20.0. The van der Waals surface area contributed by atoms with Gasteiger partial charge in [-0.25, -0.2) is 4.79 Å². The minimum Gasteiger partial charge on any atom is -0.442 e. The Kier molecular flexibility index (Phi) is 6.53. The van der Waals surface area contributed by atoms with Crippen LogP contribution in [0.4, 0.5) is 5.69 Å². The molecule has 0 saturated carbocycles. The molecule has 146 valence electrons. The van der Waals surface area contributed by atoms with Crippen molar-refractivity contribution in [3.8, 4) is 0 Å². The van der Waals surface area contributed by atoms with E-state index in [9.17, 15) is 4.79 Å². The molecule has 0 fully saturated rings. The number of esters is 1. The van der Waals surface area contributed by atoms with E-state index in [4.69, 9.17) is 4.74 Å². The predicted octanol–water partition coefficient (Wildman–Crippen LogP) is 5.02. The smallest absolute Gasteiger partial charge is 0.330 e. The number of rotatable bonds is 8. The third-order valence-corrected chi connectivity index (χ3v) is 4.71. The fourth-order valence-corrected chi connectivity index (χ4v) is 3.06. The van der Waals surface area contributed by atoms with Gasteiger partial charge in [0.2, 0.25) is 0 Å². The maximum Gasteiger partial charge on any atom is 0.330 e. The molecule has 0 saturated heterocycles. The highest BCUT2D eigenvalue weighted by molar-refractivity contribution is 5.79. The number of nitrogens with one attached hydrogen (secondary N) is 1. The Morgan fingerprint density at radius 1 is 1.00 bits per heavy atom. The topological polar surface area (TPSA) is 43.3 Å². The quantitative estimate of drug-likeness (QED) is 0.561. The summed E-state index contributed by atoms with van der Waals surface area (Å²) in [4.78, 5) is 12.6. The Morgan fingerprint density at radius 3 is 2.39 bits per heavy atom. The van der Waals surface area contributed by atoms with Crippen molar-refractivity contribution in [1.29, 1.82) is 0 Å². The minimum absolute atomic E-state index is 0.118. The van der Waals surface area contributed by atoms with Gasteiger partial charge in [-0.2, -0.15) is 0 Å². The van der Waals surface area contributed by atoms with Crippen molar-refractivity contribution >= 4 is 11.7 Å². The molecule has 0 aliphatic heterocycles. The van der Waals surface area contributed by atoms with Crippen LogP contribution < -0.4 is 5.32 Å². The average molecular weight is 377 g/mol. The number of benzene rings is 2. The van der Waals surface area contributed by atoms with E-state index >= 15 is 0 Å². The van der Waals surface area contributed by atoms with Crippen LogP contribution in [0.15, 0.2) is 73.1 Å². The molecular formula is C24H28N2O2. The second-order valence-electron chi connectivity index (χ2n) is 7.52. The lowest BCUT2D eigenvalue weighted by Gasteiger charge is -2.22. The molecule has 28 heavy (non-hydrogen) atoms. The van der Waals surface area contributed by atoms with Crippen molar-refractivity contribution in [2.75, 3.05) is 5.32 Å². The molecule has 0 amide bonds. The van der Waals surface area contributed by atoms with E-state index in [1.807, 2.05) is 80.2 Å². The van der Waals surface area contributed by atoms with Gasteiger partial charge in [-0.15, -0.1) is 0 Å². The third-order valence-electron chi connectivity index (χ3n) is 4.71. The fraction of sp³-hybridized carbons (Fsp3) is 0.292. The maximum atomic E-state index is 12.6. The van der Waals surface area contributed by atoms with Gasteiger partial charge in [-0.05, 0) is 48.6 Å². The van der Waals surface area contributed by atoms with Gasteiger partial charge < -0.3 is 14.6 Å². The van der Waals surface area contributed by atoms with E-state index < -0.39 is 0 Å². The summed E-state index contributed by atoms with van der Waals surface area (Å²) < 4.78 is 7.47. The van der Waals surface area contributed by atoms with Crippen molar-refractivity contribution in [3.05, 3.63) is 89.7 Å². The first-order chi connectivity index (χ1) is 13.5. The van der Waals surface area contributed by atoms with Gasteiger partial charge in [0.25, 0.3) is 0 Å². The third kappa shape index (κ3) is 5.49. The highest BCUT2D eigenvalue weighted by Crippen LogP contribution is 2.16. The van der Waals surface area contributed by atoms with Gasteiger partial charge in [0.05, 0.1) is 0 Å². The summed E-state index contributed by atoms with van der Waals surface area (Å²) in [5.41, 5.74) is 4.57. The van der Waals surface area contributed by atoms with E-state index in [2.05, 4.69) is 23.5 Å². The predicted molar refractivity (Wildman–Crippen MR) is 113 cm³/mol. The SMILES string of the molecule is Cc1ccc(NC(C(=O)OCn2ccc(Cc3ccccc3)c2)C(C)C)cc1. The molecule has 1 aromatic heterocycles. The molecule has 0 aliphatic carbocycles. The van der Waals surface area contributed by atoms with E-state index in [0.29, 0.717) is 0 Å². The normalized spacial score (nSPS) is 12.0. The Balaban J connectivity index is 1.56. The number of aromatic nitrogens is 1.